The molecule has 0 atom stereocenters. The van der Waals surface area contributed by atoms with Gasteiger partial charge in [-0.2, -0.15) is 30.3 Å². The molecule has 0 bridgehead atoms. The molecule has 2 rings (SSSR count). The summed E-state index contributed by atoms with van der Waals surface area (Å²) in [6.45, 7) is 4.44. The zero-order valence-corrected chi connectivity index (χ0v) is 14.8. The summed E-state index contributed by atoms with van der Waals surface area (Å²) < 4.78 is 0. The van der Waals surface area contributed by atoms with E-state index in [0.717, 1.165) is 0 Å². The van der Waals surface area contributed by atoms with Crippen molar-refractivity contribution in [3.05, 3.63) is 60.2 Å². The van der Waals surface area contributed by atoms with Gasteiger partial charge in [0.15, 0.2) is 0 Å². The summed E-state index contributed by atoms with van der Waals surface area (Å²) >= 11 is 4.25. The van der Waals surface area contributed by atoms with E-state index in [-0.39, 0.29) is 0 Å². The maximum absolute atomic E-state index is 3.11. The molecule has 0 amide bonds. The van der Waals surface area contributed by atoms with Gasteiger partial charge < -0.3 is 0 Å². The summed E-state index contributed by atoms with van der Waals surface area (Å²) in [6, 6.07) is 19.9. The molecule has 0 unspecified atom stereocenters. The summed E-state index contributed by atoms with van der Waals surface area (Å²) in [5.41, 5.74) is 3.90. The Labute approximate surface area is 120 Å². The van der Waals surface area contributed by atoms with E-state index in [0.29, 0.717) is 5.92 Å². The Kier molecular flexibility index (Phi) is 6.69. The first kappa shape index (κ1) is 14.6. The monoisotopic (exact) mass is 338 g/mol. The molecule has 0 saturated carbocycles. The number of hydrogen-bond donors (Lipinski definition) is 0. The van der Waals surface area contributed by atoms with Crippen molar-refractivity contribution in [2.24, 2.45) is 0 Å². The van der Waals surface area contributed by atoms with Crippen LogP contribution in [0.3, 0.4) is 0 Å². The second kappa shape index (κ2) is 7.79. The first-order valence-electron chi connectivity index (χ1n) is 5.60. The summed E-state index contributed by atoms with van der Waals surface area (Å²) in [5, 5.41) is 0. The van der Waals surface area contributed by atoms with Crippen molar-refractivity contribution in [2.45, 2.75) is 19.8 Å². The van der Waals surface area contributed by atoms with E-state index in [2.05, 4.69) is 63.9 Å². The zero-order valence-electron chi connectivity index (χ0n) is 10.3. The van der Waals surface area contributed by atoms with Crippen LogP contribution >= 0.6 is 13.6 Å². The molecular formula is C15H15BrZn. The average molecular weight is 341 g/mol. The fourth-order valence-electron chi connectivity index (χ4n) is 1.65. The summed E-state index contributed by atoms with van der Waals surface area (Å²) in [5.74, 6) is 0.581. The minimum atomic E-state index is 0.581. The van der Waals surface area contributed by atoms with Crippen molar-refractivity contribution >= 4 is 13.6 Å². The van der Waals surface area contributed by atoms with Crippen molar-refractivity contribution in [3.8, 4) is 11.1 Å². The SMILES string of the molecule is CC(C)c1cccc(-c2c[c-]ccc2)c1.[Zn+][Br]. The van der Waals surface area contributed by atoms with Gasteiger partial charge in [0, 0.05) is 0 Å². The summed E-state index contributed by atoms with van der Waals surface area (Å²) in [7, 11) is 0. The van der Waals surface area contributed by atoms with Gasteiger partial charge in [0.25, 0.3) is 0 Å². The molecule has 17 heavy (non-hydrogen) atoms. The van der Waals surface area contributed by atoms with Crippen molar-refractivity contribution in [2.75, 3.05) is 0 Å². The van der Waals surface area contributed by atoms with Crippen LogP contribution < -0.4 is 0 Å². The van der Waals surface area contributed by atoms with E-state index in [1.54, 1.807) is 0 Å². The molecule has 0 N–H and O–H groups in total. The Hall–Kier alpha value is -0.457. The molecule has 0 fully saturated rings. The Morgan fingerprint density at radius 1 is 1.06 bits per heavy atom. The molecule has 0 saturated heterocycles. The van der Waals surface area contributed by atoms with Crippen LogP contribution in [0.25, 0.3) is 11.1 Å². The molecule has 0 radical (unpaired) electrons. The molecule has 0 aliphatic rings. The van der Waals surface area contributed by atoms with Crippen LogP contribution in [0.15, 0.2) is 48.5 Å². The first-order valence-corrected chi connectivity index (χ1v) is 12.6. The molecule has 0 heterocycles. The topological polar surface area (TPSA) is 0 Å². The van der Waals surface area contributed by atoms with E-state index in [1.165, 1.54) is 33.0 Å². The molecule has 0 nitrogen and oxygen atoms in total. The van der Waals surface area contributed by atoms with E-state index >= 15 is 0 Å². The maximum atomic E-state index is 3.11. The van der Waals surface area contributed by atoms with E-state index in [9.17, 15) is 0 Å². The molecule has 0 spiro atoms. The van der Waals surface area contributed by atoms with E-state index in [4.69, 9.17) is 0 Å². The van der Waals surface area contributed by atoms with Crippen LogP contribution in [0, 0.1) is 6.07 Å². The van der Waals surface area contributed by atoms with Crippen LogP contribution in [0.5, 0.6) is 0 Å². The standard InChI is InChI=1S/C15H15.BrH.Zn/c1-12(2)14-9-6-10-15(11-14)13-7-4-3-5-8-13;;/h3-4,6-12H,1-2H3;1H;/q-1;;+2/p-1. The quantitative estimate of drug-likeness (QED) is 0.526. The van der Waals surface area contributed by atoms with E-state index in [1.807, 2.05) is 18.2 Å². The summed E-state index contributed by atoms with van der Waals surface area (Å²) in [4.78, 5) is 0. The van der Waals surface area contributed by atoms with Gasteiger partial charge in [-0.25, -0.2) is 0 Å². The Morgan fingerprint density at radius 3 is 2.35 bits per heavy atom. The average Bonchev–Trinajstić information content (AvgIpc) is 2.42. The van der Waals surface area contributed by atoms with Crippen LogP contribution in [0.1, 0.15) is 25.3 Å². The van der Waals surface area contributed by atoms with Gasteiger partial charge in [-0.1, -0.05) is 43.7 Å². The predicted octanol–water partition coefficient (Wildman–Crippen LogP) is 5.12. The van der Waals surface area contributed by atoms with Gasteiger partial charge in [0.1, 0.15) is 0 Å². The van der Waals surface area contributed by atoms with Crippen molar-refractivity contribution in [1.82, 2.24) is 0 Å². The second-order valence-corrected chi connectivity index (χ2v) is 4.07. The van der Waals surface area contributed by atoms with Gasteiger partial charge in [-0.15, -0.1) is 5.56 Å². The second-order valence-electron chi connectivity index (χ2n) is 4.07. The number of hydrogen-bond acceptors (Lipinski definition) is 0. The van der Waals surface area contributed by atoms with Gasteiger partial charge in [-0.3, -0.25) is 0 Å². The minimum absolute atomic E-state index is 0.581. The predicted molar refractivity (Wildman–Crippen MR) is 73.7 cm³/mol. The molecule has 0 aliphatic carbocycles. The number of rotatable bonds is 2. The Bertz CT molecular complexity index is 438. The molecular weight excluding hydrogens is 325 g/mol. The van der Waals surface area contributed by atoms with Crippen LogP contribution in [-0.2, 0) is 16.3 Å². The normalized spacial score (nSPS) is 9.76. The third-order valence-corrected chi connectivity index (χ3v) is 2.59. The fraction of sp³-hybridized carbons (Fsp3) is 0.200. The van der Waals surface area contributed by atoms with Crippen molar-refractivity contribution < 1.29 is 16.3 Å². The number of halogens is 1. The zero-order chi connectivity index (χ0) is 12.7. The van der Waals surface area contributed by atoms with Crippen molar-refractivity contribution in [1.29, 1.82) is 0 Å². The molecule has 0 aliphatic heterocycles. The van der Waals surface area contributed by atoms with Crippen LogP contribution in [0.4, 0.5) is 0 Å². The van der Waals surface area contributed by atoms with Gasteiger partial charge in [0.2, 0.25) is 0 Å². The van der Waals surface area contributed by atoms with E-state index < -0.39 is 0 Å². The Morgan fingerprint density at radius 2 is 1.76 bits per heavy atom. The van der Waals surface area contributed by atoms with Gasteiger partial charge >= 0.3 is 30.0 Å². The van der Waals surface area contributed by atoms with Gasteiger partial charge in [0.05, 0.1) is 0 Å². The third-order valence-electron chi connectivity index (χ3n) is 2.59. The Balaban J connectivity index is 0.000000686. The van der Waals surface area contributed by atoms with Crippen molar-refractivity contribution in [3.63, 3.8) is 0 Å². The van der Waals surface area contributed by atoms with Gasteiger partial charge in [-0.05, 0) is 11.5 Å². The molecule has 2 heteroatoms. The first-order chi connectivity index (χ1) is 8.27. The molecule has 84 valence electrons. The number of benzene rings is 2. The summed E-state index contributed by atoms with van der Waals surface area (Å²) in [6.07, 6.45) is 0. The molecule has 2 aromatic carbocycles. The molecule has 0 aromatic heterocycles. The third kappa shape index (κ3) is 4.37. The fourth-order valence-corrected chi connectivity index (χ4v) is 1.65. The van der Waals surface area contributed by atoms with Crippen LogP contribution in [-0.4, -0.2) is 0 Å². The van der Waals surface area contributed by atoms with Crippen LogP contribution in [0.2, 0.25) is 0 Å². The molecule has 2 aromatic rings.